The quantitative estimate of drug-likeness (QED) is 0.270. The van der Waals surface area contributed by atoms with Gasteiger partial charge in [0.2, 0.25) is 5.91 Å². The van der Waals surface area contributed by atoms with E-state index in [1.807, 2.05) is 64.9 Å². The molecule has 176 valence electrons. The fourth-order valence-corrected chi connectivity index (χ4v) is 4.95. The van der Waals surface area contributed by atoms with Crippen LogP contribution in [0.5, 0.6) is 0 Å². The highest BCUT2D eigenvalue weighted by atomic mass is 79.9. The number of carbonyl (C=O) groups excluding carboxylic acids is 1. The van der Waals surface area contributed by atoms with Gasteiger partial charge < -0.3 is 14.2 Å². The number of anilines is 1. The van der Waals surface area contributed by atoms with Crippen LogP contribution >= 0.6 is 15.9 Å². The number of nitrogens with zero attached hydrogens (tertiary/aromatic N) is 3. The molecule has 6 heteroatoms. The predicted octanol–water partition coefficient (Wildman–Crippen LogP) is 6.40. The lowest BCUT2D eigenvalue weighted by atomic mass is 10.0. The first-order valence-electron chi connectivity index (χ1n) is 11.5. The SMILES string of the molecule is CCc1cccc(C)c1N(C(=O)Cn1c(-c2cccc(Br)c2)nc2ccccc21)C(C)COC. The van der Waals surface area contributed by atoms with Crippen LogP contribution in [-0.4, -0.2) is 35.2 Å². The van der Waals surface area contributed by atoms with Gasteiger partial charge in [0.25, 0.3) is 0 Å². The van der Waals surface area contributed by atoms with Crippen molar-refractivity contribution < 1.29 is 9.53 Å². The van der Waals surface area contributed by atoms with Crippen LogP contribution in [0.15, 0.2) is 71.2 Å². The molecular formula is C28H30BrN3O2. The van der Waals surface area contributed by atoms with Gasteiger partial charge in [0.05, 0.1) is 29.4 Å². The molecule has 5 nitrogen and oxygen atoms in total. The lowest BCUT2D eigenvalue weighted by Crippen LogP contribution is -2.44. The number of imidazole rings is 1. The molecule has 0 fully saturated rings. The van der Waals surface area contributed by atoms with Gasteiger partial charge in [0.1, 0.15) is 12.4 Å². The van der Waals surface area contributed by atoms with Crippen LogP contribution in [0, 0.1) is 6.92 Å². The summed E-state index contributed by atoms with van der Waals surface area (Å²) in [5, 5.41) is 0. The zero-order valence-electron chi connectivity index (χ0n) is 20.1. The molecule has 0 aliphatic carbocycles. The number of fused-ring (bicyclic) bond motifs is 1. The number of aromatic nitrogens is 2. The Hall–Kier alpha value is -2.96. The first kappa shape index (κ1) is 24.2. The molecule has 34 heavy (non-hydrogen) atoms. The van der Waals surface area contributed by atoms with Crippen molar-refractivity contribution in [3.05, 3.63) is 82.3 Å². The van der Waals surface area contributed by atoms with E-state index in [-0.39, 0.29) is 18.5 Å². The molecule has 0 N–H and O–H groups in total. The van der Waals surface area contributed by atoms with E-state index >= 15 is 0 Å². The van der Waals surface area contributed by atoms with Crippen molar-refractivity contribution in [2.75, 3.05) is 18.6 Å². The van der Waals surface area contributed by atoms with E-state index in [0.717, 1.165) is 50.1 Å². The maximum Gasteiger partial charge on any atom is 0.247 e. The third kappa shape index (κ3) is 4.79. The molecule has 0 saturated carbocycles. The number of rotatable bonds is 8. The molecule has 1 heterocycles. The number of halogens is 1. The van der Waals surface area contributed by atoms with E-state index in [9.17, 15) is 4.79 Å². The Balaban J connectivity index is 1.83. The fraction of sp³-hybridized carbons (Fsp3) is 0.286. The van der Waals surface area contributed by atoms with Crippen LogP contribution in [0.3, 0.4) is 0 Å². The highest BCUT2D eigenvalue weighted by molar-refractivity contribution is 9.10. The van der Waals surface area contributed by atoms with E-state index in [2.05, 4.69) is 48.0 Å². The average Bonchev–Trinajstić information content (AvgIpc) is 3.19. The Morgan fingerprint density at radius 2 is 1.88 bits per heavy atom. The summed E-state index contributed by atoms with van der Waals surface area (Å²) in [6.07, 6.45) is 0.845. The van der Waals surface area contributed by atoms with E-state index in [4.69, 9.17) is 9.72 Å². The van der Waals surface area contributed by atoms with Crippen molar-refractivity contribution in [1.29, 1.82) is 0 Å². The Kier molecular flexibility index (Phi) is 7.49. The number of benzene rings is 3. The zero-order chi connectivity index (χ0) is 24.2. The molecule has 1 aromatic heterocycles. The van der Waals surface area contributed by atoms with Gasteiger partial charge in [-0.05, 0) is 55.7 Å². The predicted molar refractivity (Wildman–Crippen MR) is 142 cm³/mol. The minimum atomic E-state index is -0.118. The molecule has 3 aromatic carbocycles. The average molecular weight is 520 g/mol. The largest absolute Gasteiger partial charge is 0.383 e. The van der Waals surface area contributed by atoms with Gasteiger partial charge in [0.15, 0.2) is 0 Å². The molecule has 0 saturated heterocycles. The van der Waals surface area contributed by atoms with Gasteiger partial charge in [-0.3, -0.25) is 4.79 Å². The summed E-state index contributed by atoms with van der Waals surface area (Å²) in [6, 6.07) is 22.1. The van der Waals surface area contributed by atoms with Crippen molar-refractivity contribution in [2.24, 2.45) is 0 Å². The fourth-order valence-electron chi connectivity index (χ4n) is 4.55. The van der Waals surface area contributed by atoms with Crippen LogP contribution in [0.1, 0.15) is 25.0 Å². The standard InChI is InChI=1S/C28H30BrN3O2/c1-5-21-11-8-10-19(2)27(21)32(20(3)18-34-4)26(33)17-31-25-15-7-6-14-24(25)30-28(31)22-12-9-13-23(29)16-22/h6-16,20H,5,17-18H2,1-4H3. The molecule has 0 aliphatic rings. The van der Waals surface area contributed by atoms with Crippen molar-refractivity contribution in [3.8, 4) is 11.4 Å². The molecule has 0 aliphatic heterocycles. The second kappa shape index (κ2) is 10.5. The van der Waals surface area contributed by atoms with E-state index in [1.54, 1.807) is 7.11 Å². The molecule has 4 aromatic rings. The maximum absolute atomic E-state index is 14.1. The van der Waals surface area contributed by atoms with E-state index < -0.39 is 0 Å². The van der Waals surface area contributed by atoms with Gasteiger partial charge in [-0.1, -0.05) is 65.3 Å². The van der Waals surface area contributed by atoms with Crippen LogP contribution in [0.4, 0.5) is 5.69 Å². The van der Waals surface area contributed by atoms with Crippen molar-refractivity contribution in [3.63, 3.8) is 0 Å². The molecule has 1 unspecified atom stereocenters. The second-order valence-electron chi connectivity index (χ2n) is 8.52. The summed E-state index contributed by atoms with van der Waals surface area (Å²) in [5.74, 6) is 0.781. The number of hydrogen-bond acceptors (Lipinski definition) is 3. The van der Waals surface area contributed by atoms with Gasteiger partial charge in [-0.2, -0.15) is 0 Å². The summed E-state index contributed by atoms with van der Waals surface area (Å²) in [7, 11) is 1.67. The van der Waals surface area contributed by atoms with Crippen LogP contribution in [-0.2, 0) is 22.5 Å². The van der Waals surface area contributed by atoms with Gasteiger partial charge in [0, 0.05) is 17.1 Å². The number of para-hydroxylation sites is 3. The molecule has 1 atom stereocenters. The third-order valence-electron chi connectivity index (χ3n) is 6.09. The number of hydrogen-bond donors (Lipinski definition) is 0. The van der Waals surface area contributed by atoms with E-state index in [0.29, 0.717) is 6.61 Å². The van der Waals surface area contributed by atoms with Crippen LogP contribution in [0.25, 0.3) is 22.4 Å². The molecule has 0 bridgehead atoms. The van der Waals surface area contributed by atoms with Crippen molar-refractivity contribution >= 4 is 38.6 Å². The monoisotopic (exact) mass is 519 g/mol. The summed E-state index contributed by atoms with van der Waals surface area (Å²) < 4.78 is 8.46. The zero-order valence-corrected chi connectivity index (χ0v) is 21.7. The summed E-state index contributed by atoms with van der Waals surface area (Å²) in [4.78, 5) is 20.9. The summed E-state index contributed by atoms with van der Waals surface area (Å²) in [6.45, 7) is 6.85. The first-order valence-corrected chi connectivity index (χ1v) is 12.3. The third-order valence-corrected chi connectivity index (χ3v) is 6.58. The Morgan fingerprint density at radius 1 is 1.12 bits per heavy atom. The topological polar surface area (TPSA) is 47.4 Å². The first-order chi connectivity index (χ1) is 16.4. The lowest BCUT2D eigenvalue weighted by Gasteiger charge is -2.32. The lowest BCUT2D eigenvalue weighted by molar-refractivity contribution is -0.119. The molecule has 4 rings (SSSR count). The number of carbonyl (C=O) groups is 1. The Morgan fingerprint density at radius 3 is 2.62 bits per heavy atom. The minimum absolute atomic E-state index is 0.00736. The molecule has 0 radical (unpaired) electrons. The maximum atomic E-state index is 14.1. The van der Waals surface area contributed by atoms with Gasteiger partial charge in [-0.15, -0.1) is 0 Å². The van der Waals surface area contributed by atoms with Crippen molar-refractivity contribution in [2.45, 2.75) is 39.8 Å². The van der Waals surface area contributed by atoms with Crippen molar-refractivity contribution in [1.82, 2.24) is 9.55 Å². The van der Waals surface area contributed by atoms with E-state index in [1.165, 1.54) is 0 Å². The number of aryl methyl sites for hydroxylation is 2. The molecular weight excluding hydrogens is 490 g/mol. The number of methoxy groups -OCH3 is 1. The normalized spacial score (nSPS) is 12.1. The summed E-state index contributed by atoms with van der Waals surface area (Å²) >= 11 is 3.57. The molecule has 1 amide bonds. The molecule has 0 spiro atoms. The van der Waals surface area contributed by atoms with Crippen LogP contribution in [0.2, 0.25) is 0 Å². The Labute approximate surface area is 209 Å². The minimum Gasteiger partial charge on any atom is -0.383 e. The Bertz CT molecular complexity index is 1310. The van der Waals surface area contributed by atoms with Gasteiger partial charge >= 0.3 is 0 Å². The highest BCUT2D eigenvalue weighted by Gasteiger charge is 2.27. The number of ether oxygens (including phenoxy) is 1. The van der Waals surface area contributed by atoms with Gasteiger partial charge in [-0.25, -0.2) is 4.98 Å². The second-order valence-corrected chi connectivity index (χ2v) is 9.44. The highest BCUT2D eigenvalue weighted by Crippen LogP contribution is 2.31. The number of amides is 1. The summed E-state index contributed by atoms with van der Waals surface area (Å²) in [5.41, 5.74) is 5.97. The smallest absolute Gasteiger partial charge is 0.247 e. The van der Waals surface area contributed by atoms with Crippen LogP contribution < -0.4 is 4.90 Å².